The Hall–Kier alpha value is -0.820. The summed E-state index contributed by atoms with van der Waals surface area (Å²) in [6.07, 6.45) is 7.97. The van der Waals surface area contributed by atoms with Crippen LogP contribution >= 0.6 is 0 Å². The summed E-state index contributed by atoms with van der Waals surface area (Å²) < 4.78 is 25.1. The molecule has 6 nitrogen and oxygen atoms in total. The largest absolute Gasteiger partial charge is 0.338 e. The summed E-state index contributed by atoms with van der Waals surface area (Å²) in [5.41, 5.74) is 0. The molecule has 0 spiro atoms. The number of nitrogens with zero attached hydrogens (tertiary/aromatic N) is 1. The van der Waals surface area contributed by atoms with Crippen molar-refractivity contribution in [3.63, 3.8) is 0 Å². The summed E-state index contributed by atoms with van der Waals surface area (Å²) in [5, 5.41) is 2.93. The first-order chi connectivity index (χ1) is 10.5. The molecule has 2 aliphatic rings. The van der Waals surface area contributed by atoms with Gasteiger partial charge in [0.05, 0.1) is 5.75 Å². The SMILES string of the molecule is CCS(=O)(=O)NCCCNC(=O)N1CCCC1C1CCCC1. The van der Waals surface area contributed by atoms with E-state index in [2.05, 4.69) is 10.0 Å². The van der Waals surface area contributed by atoms with Crippen LogP contribution in [-0.2, 0) is 10.0 Å². The normalized spacial score (nSPS) is 23.1. The summed E-state index contributed by atoms with van der Waals surface area (Å²) in [6.45, 7) is 3.36. The monoisotopic (exact) mass is 331 g/mol. The van der Waals surface area contributed by atoms with Gasteiger partial charge >= 0.3 is 6.03 Å². The average molecular weight is 331 g/mol. The second-order valence-electron chi connectivity index (χ2n) is 6.33. The van der Waals surface area contributed by atoms with Crippen molar-refractivity contribution in [2.24, 2.45) is 5.92 Å². The lowest BCUT2D eigenvalue weighted by Gasteiger charge is -2.29. The summed E-state index contributed by atoms with van der Waals surface area (Å²) in [7, 11) is -3.13. The fourth-order valence-corrected chi connectivity index (χ4v) is 4.25. The standard InChI is InChI=1S/C15H29N3O3S/c1-2-22(20,21)17-11-6-10-16-15(19)18-12-5-9-14(18)13-7-3-4-8-13/h13-14,17H,2-12H2,1H3,(H,16,19). The third-order valence-electron chi connectivity index (χ3n) is 4.84. The number of nitrogens with one attached hydrogen (secondary N) is 2. The maximum atomic E-state index is 12.3. The van der Waals surface area contributed by atoms with Crippen LogP contribution in [0, 0.1) is 5.92 Å². The highest BCUT2D eigenvalue weighted by Gasteiger charge is 2.35. The van der Waals surface area contributed by atoms with Gasteiger partial charge < -0.3 is 10.2 Å². The molecule has 0 aromatic heterocycles. The minimum absolute atomic E-state index is 0.0211. The van der Waals surface area contributed by atoms with Gasteiger partial charge in [-0.15, -0.1) is 0 Å². The molecule has 2 amide bonds. The van der Waals surface area contributed by atoms with E-state index >= 15 is 0 Å². The van der Waals surface area contributed by atoms with E-state index in [-0.39, 0.29) is 11.8 Å². The second kappa shape index (κ2) is 8.15. The predicted molar refractivity (Wildman–Crippen MR) is 87.2 cm³/mol. The van der Waals surface area contributed by atoms with E-state index < -0.39 is 10.0 Å². The van der Waals surface area contributed by atoms with Gasteiger partial charge in [-0.2, -0.15) is 0 Å². The van der Waals surface area contributed by atoms with Crippen LogP contribution in [0.2, 0.25) is 0 Å². The van der Waals surface area contributed by atoms with E-state index in [9.17, 15) is 13.2 Å². The Labute approximate surface area is 134 Å². The molecule has 1 unspecified atom stereocenters. The molecule has 0 radical (unpaired) electrons. The van der Waals surface area contributed by atoms with Gasteiger partial charge in [0, 0.05) is 25.7 Å². The van der Waals surface area contributed by atoms with Gasteiger partial charge in [-0.3, -0.25) is 0 Å². The van der Waals surface area contributed by atoms with Gasteiger partial charge in [0.2, 0.25) is 10.0 Å². The van der Waals surface area contributed by atoms with Crippen LogP contribution in [0.5, 0.6) is 0 Å². The van der Waals surface area contributed by atoms with Crippen LogP contribution in [-0.4, -0.2) is 50.8 Å². The molecule has 2 N–H and O–H groups in total. The fraction of sp³-hybridized carbons (Fsp3) is 0.933. The first-order valence-electron chi connectivity index (χ1n) is 8.55. The number of amides is 2. The summed E-state index contributed by atoms with van der Waals surface area (Å²) >= 11 is 0. The second-order valence-corrected chi connectivity index (χ2v) is 8.43. The number of hydrogen-bond acceptors (Lipinski definition) is 3. The Morgan fingerprint density at radius 2 is 1.86 bits per heavy atom. The molecular weight excluding hydrogens is 302 g/mol. The topological polar surface area (TPSA) is 78.5 Å². The van der Waals surface area contributed by atoms with Crippen molar-refractivity contribution in [1.82, 2.24) is 14.9 Å². The number of sulfonamides is 1. The van der Waals surface area contributed by atoms with Crippen molar-refractivity contribution < 1.29 is 13.2 Å². The zero-order valence-electron chi connectivity index (χ0n) is 13.5. The molecule has 2 rings (SSSR count). The van der Waals surface area contributed by atoms with E-state index in [4.69, 9.17) is 0 Å². The smallest absolute Gasteiger partial charge is 0.317 e. The van der Waals surface area contributed by atoms with Crippen LogP contribution in [0.1, 0.15) is 51.9 Å². The van der Waals surface area contributed by atoms with Gasteiger partial charge in [0.15, 0.2) is 0 Å². The first kappa shape index (κ1) is 17.5. The zero-order chi connectivity index (χ0) is 16.0. The third kappa shape index (κ3) is 4.84. The molecule has 1 heterocycles. The van der Waals surface area contributed by atoms with Crippen LogP contribution in [0.15, 0.2) is 0 Å². The van der Waals surface area contributed by atoms with Gasteiger partial charge in [-0.25, -0.2) is 17.9 Å². The van der Waals surface area contributed by atoms with E-state index in [1.807, 2.05) is 4.90 Å². The molecular formula is C15H29N3O3S. The number of likely N-dealkylation sites (tertiary alicyclic amines) is 1. The van der Waals surface area contributed by atoms with E-state index in [0.29, 0.717) is 31.5 Å². The van der Waals surface area contributed by atoms with Crippen molar-refractivity contribution in [2.75, 3.05) is 25.4 Å². The Bertz CT molecular complexity index is 461. The van der Waals surface area contributed by atoms with E-state index in [1.165, 1.54) is 25.7 Å². The lowest BCUT2D eigenvalue weighted by molar-refractivity contribution is 0.173. The van der Waals surface area contributed by atoms with Gasteiger partial charge in [-0.05, 0) is 44.9 Å². The number of rotatable bonds is 7. The molecule has 1 saturated heterocycles. The Kier molecular flexibility index (Phi) is 6.50. The van der Waals surface area contributed by atoms with Gasteiger partial charge in [0.25, 0.3) is 0 Å². The zero-order valence-corrected chi connectivity index (χ0v) is 14.3. The minimum Gasteiger partial charge on any atom is -0.338 e. The van der Waals surface area contributed by atoms with Crippen molar-refractivity contribution in [3.8, 4) is 0 Å². The highest BCUT2D eigenvalue weighted by molar-refractivity contribution is 7.89. The molecule has 22 heavy (non-hydrogen) atoms. The van der Waals surface area contributed by atoms with Crippen molar-refractivity contribution in [1.29, 1.82) is 0 Å². The summed E-state index contributed by atoms with van der Waals surface area (Å²) in [6, 6.07) is 0.439. The van der Waals surface area contributed by atoms with Crippen molar-refractivity contribution in [2.45, 2.75) is 57.9 Å². The summed E-state index contributed by atoms with van der Waals surface area (Å²) in [5.74, 6) is 0.778. The quantitative estimate of drug-likeness (QED) is 0.697. The maximum Gasteiger partial charge on any atom is 0.317 e. The Morgan fingerprint density at radius 1 is 1.14 bits per heavy atom. The molecule has 1 saturated carbocycles. The molecule has 1 aliphatic carbocycles. The van der Waals surface area contributed by atoms with Crippen LogP contribution < -0.4 is 10.0 Å². The Balaban J connectivity index is 1.68. The molecule has 1 aliphatic heterocycles. The third-order valence-corrected chi connectivity index (χ3v) is 6.24. The van der Waals surface area contributed by atoms with Gasteiger partial charge in [0.1, 0.15) is 0 Å². The number of hydrogen-bond donors (Lipinski definition) is 2. The lowest BCUT2D eigenvalue weighted by atomic mass is 9.96. The molecule has 2 fully saturated rings. The molecule has 1 atom stereocenters. The Morgan fingerprint density at radius 3 is 2.55 bits per heavy atom. The van der Waals surface area contributed by atoms with Crippen LogP contribution in [0.3, 0.4) is 0 Å². The van der Waals surface area contributed by atoms with Gasteiger partial charge in [-0.1, -0.05) is 12.8 Å². The summed E-state index contributed by atoms with van der Waals surface area (Å²) in [4.78, 5) is 14.3. The minimum atomic E-state index is -3.13. The maximum absolute atomic E-state index is 12.3. The molecule has 0 aromatic carbocycles. The number of carbonyl (C=O) groups is 1. The van der Waals surface area contributed by atoms with Crippen LogP contribution in [0.25, 0.3) is 0 Å². The highest BCUT2D eigenvalue weighted by Crippen LogP contribution is 2.35. The predicted octanol–water partition coefficient (Wildman–Crippen LogP) is 1.68. The fourth-order valence-electron chi connectivity index (χ4n) is 3.59. The average Bonchev–Trinajstić information content (AvgIpc) is 3.17. The number of urea groups is 1. The molecule has 0 bridgehead atoms. The molecule has 0 aromatic rings. The van der Waals surface area contributed by atoms with E-state index in [1.54, 1.807) is 6.92 Å². The highest BCUT2D eigenvalue weighted by atomic mass is 32.2. The first-order valence-corrected chi connectivity index (χ1v) is 10.2. The molecule has 128 valence electrons. The number of carbonyl (C=O) groups excluding carboxylic acids is 1. The molecule has 7 heteroatoms. The van der Waals surface area contributed by atoms with Crippen molar-refractivity contribution in [3.05, 3.63) is 0 Å². The van der Waals surface area contributed by atoms with E-state index in [0.717, 1.165) is 19.4 Å². The van der Waals surface area contributed by atoms with Crippen LogP contribution in [0.4, 0.5) is 4.79 Å². The van der Waals surface area contributed by atoms with Crippen molar-refractivity contribution >= 4 is 16.1 Å². The lowest BCUT2D eigenvalue weighted by Crippen LogP contribution is -2.45.